The molecule has 128 valence electrons. The van der Waals surface area contributed by atoms with Crippen molar-refractivity contribution in [2.75, 3.05) is 35.9 Å². The summed E-state index contributed by atoms with van der Waals surface area (Å²) in [5, 5.41) is 10.9. The number of nitrogens with zero attached hydrogens (tertiary/aromatic N) is 2. The first-order valence-electron chi connectivity index (χ1n) is 7.10. The number of nitrogens with one attached hydrogen (secondary N) is 1. The second kappa shape index (κ2) is 6.75. The van der Waals surface area contributed by atoms with Crippen molar-refractivity contribution in [3.8, 4) is 0 Å². The SMILES string of the molecule is O=C(O)c1ccc(NS(=O)(=O)c2csc(N3CCOCC3)n2)cc1. The minimum absolute atomic E-state index is 0.0590. The summed E-state index contributed by atoms with van der Waals surface area (Å²) in [7, 11) is -3.82. The molecule has 1 aliphatic rings. The molecular weight excluding hydrogens is 354 g/mol. The fourth-order valence-electron chi connectivity index (χ4n) is 2.16. The molecule has 2 aromatic rings. The lowest BCUT2D eigenvalue weighted by atomic mass is 10.2. The number of hydrogen-bond donors (Lipinski definition) is 2. The predicted octanol–water partition coefficient (Wildman–Crippen LogP) is 1.48. The fraction of sp³-hybridized carbons (Fsp3) is 0.286. The van der Waals surface area contributed by atoms with Gasteiger partial charge in [0, 0.05) is 24.2 Å². The van der Waals surface area contributed by atoms with E-state index in [0.29, 0.717) is 31.4 Å². The van der Waals surface area contributed by atoms with E-state index in [2.05, 4.69) is 9.71 Å². The zero-order valence-corrected chi connectivity index (χ0v) is 14.1. The van der Waals surface area contributed by atoms with Crippen molar-refractivity contribution in [1.82, 2.24) is 4.98 Å². The Morgan fingerprint density at radius 3 is 2.54 bits per heavy atom. The molecule has 0 bridgehead atoms. The van der Waals surface area contributed by atoms with Crippen LogP contribution in [0, 0.1) is 0 Å². The molecule has 1 aromatic heterocycles. The molecule has 1 saturated heterocycles. The summed E-state index contributed by atoms with van der Waals surface area (Å²) in [5.74, 6) is -1.07. The molecule has 2 N–H and O–H groups in total. The quantitative estimate of drug-likeness (QED) is 0.821. The van der Waals surface area contributed by atoms with Crippen molar-refractivity contribution in [3.63, 3.8) is 0 Å². The van der Waals surface area contributed by atoms with Crippen LogP contribution in [-0.2, 0) is 14.8 Å². The van der Waals surface area contributed by atoms with Crippen molar-refractivity contribution >= 4 is 38.1 Å². The van der Waals surface area contributed by atoms with Crippen molar-refractivity contribution in [2.24, 2.45) is 0 Å². The van der Waals surface area contributed by atoms with E-state index < -0.39 is 16.0 Å². The highest BCUT2D eigenvalue weighted by Gasteiger charge is 2.21. The van der Waals surface area contributed by atoms with Gasteiger partial charge in [0.2, 0.25) is 0 Å². The number of anilines is 2. The number of carbonyl (C=O) groups is 1. The number of aromatic carboxylic acids is 1. The van der Waals surface area contributed by atoms with Gasteiger partial charge >= 0.3 is 5.97 Å². The van der Waals surface area contributed by atoms with Gasteiger partial charge in [-0.2, -0.15) is 8.42 Å². The minimum atomic E-state index is -3.82. The van der Waals surface area contributed by atoms with Gasteiger partial charge in [-0.3, -0.25) is 4.72 Å². The Balaban J connectivity index is 1.75. The third kappa shape index (κ3) is 3.66. The Morgan fingerprint density at radius 2 is 1.92 bits per heavy atom. The number of carboxylic acid groups (broad SMARTS) is 1. The third-order valence-corrected chi connectivity index (χ3v) is 5.73. The highest BCUT2D eigenvalue weighted by molar-refractivity contribution is 7.92. The van der Waals surface area contributed by atoms with Gasteiger partial charge in [-0.15, -0.1) is 11.3 Å². The van der Waals surface area contributed by atoms with Crippen LogP contribution in [0.3, 0.4) is 0 Å². The molecular formula is C14H15N3O5S2. The molecule has 1 fully saturated rings. The van der Waals surface area contributed by atoms with Gasteiger partial charge < -0.3 is 14.7 Å². The summed E-state index contributed by atoms with van der Waals surface area (Å²) < 4.78 is 32.4. The first-order chi connectivity index (χ1) is 11.5. The lowest BCUT2D eigenvalue weighted by Crippen LogP contribution is -2.36. The number of hydrogen-bond acceptors (Lipinski definition) is 7. The van der Waals surface area contributed by atoms with Gasteiger partial charge in [0.15, 0.2) is 10.2 Å². The number of sulfonamides is 1. The molecule has 1 aromatic carbocycles. The van der Waals surface area contributed by atoms with E-state index in [1.165, 1.54) is 41.0 Å². The van der Waals surface area contributed by atoms with E-state index in [9.17, 15) is 13.2 Å². The summed E-state index contributed by atoms with van der Waals surface area (Å²) >= 11 is 1.26. The molecule has 0 unspecified atom stereocenters. The number of aromatic nitrogens is 1. The highest BCUT2D eigenvalue weighted by atomic mass is 32.2. The number of benzene rings is 1. The Kier molecular flexibility index (Phi) is 4.69. The number of rotatable bonds is 5. The molecule has 0 amide bonds. The largest absolute Gasteiger partial charge is 0.478 e. The van der Waals surface area contributed by atoms with Crippen molar-refractivity contribution in [1.29, 1.82) is 0 Å². The first kappa shape index (κ1) is 16.7. The van der Waals surface area contributed by atoms with Gasteiger partial charge in [-0.1, -0.05) is 0 Å². The zero-order chi connectivity index (χ0) is 17.2. The second-order valence-corrected chi connectivity index (χ2v) is 7.52. The van der Waals surface area contributed by atoms with E-state index in [0.717, 1.165) is 0 Å². The monoisotopic (exact) mass is 369 g/mol. The van der Waals surface area contributed by atoms with Crippen LogP contribution in [0.15, 0.2) is 34.7 Å². The molecule has 0 atom stereocenters. The maximum Gasteiger partial charge on any atom is 0.335 e. The van der Waals surface area contributed by atoms with Crippen LogP contribution in [0.1, 0.15) is 10.4 Å². The fourth-order valence-corrected chi connectivity index (χ4v) is 4.37. The Labute approximate surface area is 142 Å². The van der Waals surface area contributed by atoms with E-state index in [1.807, 2.05) is 4.90 Å². The van der Waals surface area contributed by atoms with Crippen molar-refractivity contribution in [2.45, 2.75) is 5.03 Å². The standard InChI is InChI=1S/C14H15N3O5S2/c18-13(19)10-1-3-11(4-2-10)16-24(20,21)12-9-23-14(15-12)17-5-7-22-8-6-17/h1-4,9,16H,5-8H2,(H,18,19). The maximum absolute atomic E-state index is 12.4. The summed E-state index contributed by atoms with van der Waals surface area (Å²) in [5.41, 5.74) is 0.363. The highest BCUT2D eigenvalue weighted by Crippen LogP contribution is 2.25. The number of ether oxygens (including phenoxy) is 1. The van der Waals surface area contributed by atoms with Crippen LogP contribution in [0.2, 0.25) is 0 Å². The molecule has 0 aliphatic carbocycles. The lowest BCUT2D eigenvalue weighted by Gasteiger charge is -2.25. The van der Waals surface area contributed by atoms with Gasteiger partial charge in [-0.25, -0.2) is 9.78 Å². The minimum Gasteiger partial charge on any atom is -0.478 e. The van der Waals surface area contributed by atoms with E-state index in [-0.39, 0.29) is 16.3 Å². The van der Waals surface area contributed by atoms with Gasteiger partial charge in [0.25, 0.3) is 10.0 Å². The second-order valence-electron chi connectivity index (χ2n) is 5.06. The number of morpholine rings is 1. The Bertz CT molecular complexity index is 826. The molecule has 0 radical (unpaired) electrons. The van der Waals surface area contributed by atoms with E-state index in [4.69, 9.17) is 9.84 Å². The van der Waals surface area contributed by atoms with Crippen LogP contribution in [0.4, 0.5) is 10.8 Å². The van der Waals surface area contributed by atoms with Crippen LogP contribution < -0.4 is 9.62 Å². The molecule has 0 spiro atoms. The smallest absolute Gasteiger partial charge is 0.335 e. The molecule has 2 heterocycles. The third-order valence-electron chi connectivity index (χ3n) is 3.41. The van der Waals surface area contributed by atoms with Crippen LogP contribution in [0.5, 0.6) is 0 Å². The normalized spacial score (nSPS) is 15.2. The first-order valence-corrected chi connectivity index (χ1v) is 9.46. The van der Waals surface area contributed by atoms with E-state index >= 15 is 0 Å². The Morgan fingerprint density at radius 1 is 1.25 bits per heavy atom. The Hall–Kier alpha value is -2.17. The average molecular weight is 369 g/mol. The predicted molar refractivity (Wildman–Crippen MR) is 89.4 cm³/mol. The topological polar surface area (TPSA) is 109 Å². The molecule has 24 heavy (non-hydrogen) atoms. The summed E-state index contributed by atoms with van der Waals surface area (Å²) in [6.45, 7) is 2.54. The number of carboxylic acids is 1. The zero-order valence-electron chi connectivity index (χ0n) is 12.5. The molecule has 0 saturated carbocycles. The summed E-state index contributed by atoms with van der Waals surface area (Å²) in [6, 6.07) is 5.47. The van der Waals surface area contributed by atoms with Gasteiger partial charge in [-0.05, 0) is 24.3 Å². The molecule has 8 nitrogen and oxygen atoms in total. The van der Waals surface area contributed by atoms with Crippen LogP contribution in [-0.4, -0.2) is 50.8 Å². The summed E-state index contributed by atoms with van der Waals surface area (Å²) in [4.78, 5) is 17.0. The summed E-state index contributed by atoms with van der Waals surface area (Å²) in [6.07, 6.45) is 0. The van der Waals surface area contributed by atoms with Gasteiger partial charge in [0.05, 0.1) is 18.8 Å². The molecule has 1 aliphatic heterocycles. The van der Waals surface area contributed by atoms with Crippen molar-refractivity contribution in [3.05, 3.63) is 35.2 Å². The van der Waals surface area contributed by atoms with Crippen molar-refractivity contribution < 1.29 is 23.1 Å². The molecule has 10 heteroatoms. The maximum atomic E-state index is 12.4. The average Bonchev–Trinajstić information content (AvgIpc) is 3.07. The lowest BCUT2D eigenvalue weighted by molar-refractivity contribution is 0.0697. The van der Waals surface area contributed by atoms with Crippen LogP contribution in [0.25, 0.3) is 0 Å². The van der Waals surface area contributed by atoms with E-state index in [1.54, 1.807) is 0 Å². The molecule has 3 rings (SSSR count). The number of thiazole rings is 1. The van der Waals surface area contributed by atoms with Gasteiger partial charge in [0.1, 0.15) is 0 Å². The van der Waals surface area contributed by atoms with Crippen LogP contribution >= 0.6 is 11.3 Å².